The molecule has 32 heavy (non-hydrogen) atoms. The van der Waals surface area contributed by atoms with Gasteiger partial charge in [-0.05, 0) is 67.4 Å². The van der Waals surface area contributed by atoms with Crippen molar-refractivity contribution in [3.63, 3.8) is 0 Å². The van der Waals surface area contributed by atoms with E-state index in [0.717, 1.165) is 16.8 Å². The summed E-state index contributed by atoms with van der Waals surface area (Å²) in [5.41, 5.74) is 5.38. The third-order valence-corrected chi connectivity index (χ3v) is 5.28. The van der Waals surface area contributed by atoms with Crippen LogP contribution in [-0.2, 0) is 0 Å². The zero-order valence-corrected chi connectivity index (χ0v) is 17.7. The molecule has 0 aliphatic heterocycles. The molecule has 5 aromatic rings. The summed E-state index contributed by atoms with van der Waals surface area (Å²) in [5, 5.41) is 11.8. The number of halogens is 1. The maximum Gasteiger partial charge on any atom is 0.231 e. The van der Waals surface area contributed by atoms with Gasteiger partial charge in [0.1, 0.15) is 11.6 Å². The predicted molar refractivity (Wildman–Crippen MR) is 126 cm³/mol. The zero-order chi connectivity index (χ0) is 22.1. The van der Waals surface area contributed by atoms with Crippen molar-refractivity contribution in [1.82, 2.24) is 19.7 Å². The molecule has 2 aromatic heterocycles. The molecule has 0 amide bonds. The SMILES string of the molecule is Cc1ccc(Nc2nc(Nc3cccc(F)c3)c3cnn(-c4ccccc4)c3n2)cc1C. The van der Waals surface area contributed by atoms with Crippen molar-refractivity contribution in [2.24, 2.45) is 0 Å². The van der Waals surface area contributed by atoms with E-state index < -0.39 is 0 Å². The van der Waals surface area contributed by atoms with E-state index in [0.29, 0.717) is 23.1 Å². The average molecular weight is 424 g/mol. The van der Waals surface area contributed by atoms with Crippen LogP contribution in [0.3, 0.4) is 0 Å². The summed E-state index contributed by atoms with van der Waals surface area (Å²) in [6, 6.07) is 22.1. The van der Waals surface area contributed by atoms with Crippen LogP contribution in [0.25, 0.3) is 16.7 Å². The third kappa shape index (κ3) is 3.88. The van der Waals surface area contributed by atoms with Gasteiger partial charge in [0.25, 0.3) is 0 Å². The molecule has 0 unspecified atom stereocenters. The summed E-state index contributed by atoms with van der Waals surface area (Å²) in [5.74, 6) is 0.625. The standard InChI is InChI=1S/C25H21FN6/c1-16-11-12-20(13-17(16)2)29-25-30-23(28-19-8-6-7-18(26)14-19)22-15-27-32(24(22)31-25)21-9-4-3-5-10-21/h3-15H,1-2H3,(H2,28,29,30,31). The summed E-state index contributed by atoms with van der Waals surface area (Å²) in [6.45, 7) is 4.13. The number of fused-ring (bicyclic) bond motifs is 1. The number of aromatic nitrogens is 4. The highest BCUT2D eigenvalue weighted by atomic mass is 19.1. The molecule has 0 saturated carbocycles. The Kier molecular flexibility index (Phi) is 4.99. The molecule has 0 aliphatic carbocycles. The molecule has 0 aliphatic rings. The van der Waals surface area contributed by atoms with E-state index >= 15 is 0 Å². The molecule has 0 saturated heterocycles. The van der Waals surface area contributed by atoms with Gasteiger partial charge in [0.15, 0.2) is 5.65 Å². The van der Waals surface area contributed by atoms with Crippen LogP contribution in [0.4, 0.5) is 27.5 Å². The average Bonchev–Trinajstić information content (AvgIpc) is 3.21. The number of anilines is 4. The van der Waals surface area contributed by atoms with Gasteiger partial charge in [-0.1, -0.05) is 30.3 Å². The van der Waals surface area contributed by atoms with Crippen molar-refractivity contribution in [2.45, 2.75) is 13.8 Å². The molecule has 0 radical (unpaired) electrons. The Morgan fingerprint density at radius 2 is 1.59 bits per heavy atom. The molecule has 3 aromatic carbocycles. The minimum atomic E-state index is -0.325. The Morgan fingerprint density at radius 1 is 0.781 bits per heavy atom. The normalized spacial score (nSPS) is 11.0. The Morgan fingerprint density at radius 3 is 2.38 bits per heavy atom. The first-order chi connectivity index (χ1) is 15.6. The number of benzene rings is 3. The van der Waals surface area contributed by atoms with Crippen molar-refractivity contribution in [1.29, 1.82) is 0 Å². The van der Waals surface area contributed by atoms with Crippen LogP contribution >= 0.6 is 0 Å². The van der Waals surface area contributed by atoms with E-state index in [2.05, 4.69) is 46.7 Å². The number of rotatable bonds is 5. The molecular weight excluding hydrogens is 403 g/mol. The number of hydrogen-bond donors (Lipinski definition) is 2. The molecule has 2 heterocycles. The summed E-state index contributed by atoms with van der Waals surface area (Å²) in [4.78, 5) is 9.41. The maximum absolute atomic E-state index is 13.7. The highest BCUT2D eigenvalue weighted by Gasteiger charge is 2.15. The van der Waals surface area contributed by atoms with Gasteiger partial charge in [0.2, 0.25) is 5.95 Å². The second kappa shape index (κ2) is 8.11. The Balaban J connectivity index is 1.63. The number of para-hydroxylation sites is 1. The van der Waals surface area contributed by atoms with Crippen LogP contribution in [-0.4, -0.2) is 19.7 Å². The fourth-order valence-corrected chi connectivity index (χ4v) is 3.47. The lowest BCUT2D eigenvalue weighted by atomic mass is 10.1. The van der Waals surface area contributed by atoms with Crippen molar-refractivity contribution < 1.29 is 4.39 Å². The van der Waals surface area contributed by atoms with Gasteiger partial charge in [-0.2, -0.15) is 15.1 Å². The van der Waals surface area contributed by atoms with Gasteiger partial charge in [0.05, 0.1) is 17.3 Å². The minimum Gasteiger partial charge on any atom is -0.339 e. The molecule has 0 fully saturated rings. The molecule has 158 valence electrons. The molecule has 0 atom stereocenters. The fraction of sp³-hybridized carbons (Fsp3) is 0.0800. The monoisotopic (exact) mass is 424 g/mol. The summed E-state index contributed by atoms with van der Waals surface area (Å²) in [6.07, 6.45) is 1.71. The van der Waals surface area contributed by atoms with Crippen LogP contribution in [0.1, 0.15) is 11.1 Å². The Hall–Kier alpha value is -4.26. The van der Waals surface area contributed by atoms with E-state index in [-0.39, 0.29) is 5.82 Å². The summed E-state index contributed by atoms with van der Waals surface area (Å²) >= 11 is 0. The van der Waals surface area contributed by atoms with Crippen LogP contribution in [0, 0.1) is 19.7 Å². The van der Waals surface area contributed by atoms with Gasteiger partial charge in [-0.3, -0.25) is 0 Å². The first-order valence-corrected chi connectivity index (χ1v) is 10.2. The van der Waals surface area contributed by atoms with Crippen molar-refractivity contribution in [3.8, 4) is 5.69 Å². The Labute approximate surface area is 184 Å². The quantitative estimate of drug-likeness (QED) is 0.359. The van der Waals surface area contributed by atoms with Gasteiger partial charge < -0.3 is 10.6 Å². The van der Waals surface area contributed by atoms with Crippen LogP contribution in [0.5, 0.6) is 0 Å². The van der Waals surface area contributed by atoms with Gasteiger partial charge in [0, 0.05) is 11.4 Å². The molecule has 7 heteroatoms. The third-order valence-electron chi connectivity index (χ3n) is 5.28. The summed E-state index contributed by atoms with van der Waals surface area (Å²) < 4.78 is 15.5. The van der Waals surface area contributed by atoms with Crippen LogP contribution in [0.15, 0.2) is 79.0 Å². The molecule has 0 spiro atoms. The molecular formula is C25H21FN6. The van der Waals surface area contributed by atoms with E-state index in [1.54, 1.807) is 23.0 Å². The van der Waals surface area contributed by atoms with Crippen LogP contribution < -0.4 is 10.6 Å². The molecule has 0 bridgehead atoms. The second-order valence-corrected chi connectivity index (χ2v) is 7.58. The van der Waals surface area contributed by atoms with Crippen molar-refractivity contribution in [2.75, 3.05) is 10.6 Å². The first-order valence-electron chi connectivity index (χ1n) is 10.2. The smallest absolute Gasteiger partial charge is 0.231 e. The highest BCUT2D eigenvalue weighted by Crippen LogP contribution is 2.28. The van der Waals surface area contributed by atoms with Gasteiger partial charge >= 0.3 is 0 Å². The molecule has 6 nitrogen and oxygen atoms in total. The topological polar surface area (TPSA) is 67.7 Å². The Bertz CT molecular complexity index is 1410. The van der Waals surface area contributed by atoms with E-state index in [4.69, 9.17) is 4.98 Å². The van der Waals surface area contributed by atoms with Gasteiger partial charge in [-0.25, -0.2) is 9.07 Å². The number of hydrogen-bond acceptors (Lipinski definition) is 5. The lowest BCUT2D eigenvalue weighted by Crippen LogP contribution is -2.04. The maximum atomic E-state index is 13.7. The second-order valence-electron chi connectivity index (χ2n) is 7.58. The van der Waals surface area contributed by atoms with Gasteiger partial charge in [-0.15, -0.1) is 0 Å². The van der Waals surface area contributed by atoms with E-state index in [9.17, 15) is 4.39 Å². The largest absolute Gasteiger partial charge is 0.339 e. The zero-order valence-electron chi connectivity index (χ0n) is 17.7. The fourth-order valence-electron chi connectivity index (χ4n) is 3.47. The number of aryl methyl sites for hydroxylation is 2. The molecule has 5 rings (SSSR count). The van der Waals surface area contributed by atoms with E-state index in [1.165, 1.54) is 23.3 Å². The summed E-state index contributed by atoms with van der Waals surface area (Å²) in [7, 11) is 0. The number of nitrogens with one attached hydrogen (secondary N) is 2. The lowest BCUT2D eigenvalue weighted by Gasteiger charge is -2.12. The minimum absolute atomic E-state index is 0.325. The van der Waals surface area contributed by atoms with Crippen molar-refractivity contribution in [3.05, 3.63) is 95.9 Å². The number of nitrogens with zero attached hydrogens (tertiary/aromatic N) is 4. The van der Waals surface area contributed by atoms with E-state index in [1.807, 2.05) is 36.4 Å². The predicted octanol–water partition coefficient (Wildman–Crippen LogP) is 6.06. The highest BCUT2D eigenvalue weighted by molar-refractivity contribution is 5.90. The lowest BCUT2D eigenvalue weighted by molar-refractivity contribution is 0.628. The van der Waals surface area contributed by atoms with Crippen LogP contribution in [0.2, 0.25) is 0 Å². The van der Waals surface area contributed by atoms with Crippen molar-refractivity contribution >= 4 is 34.2 Å². The molecule has 2 N–H and O–H groups in total. The first kappa shape index (κ1) is 19.7.